The molecule has 0 aromatic rings. The Kier molecular flexibility index (Phi) is 5.68. The van der Waals surface area contributed by atoms with Crippen molar-refractivity contribution in [1.29, 1.82) is 0 Å². The highest BCUT2D eigenvalue weighted by Crippen LogP contribution is 2.27. The Hall–Kier alpha value is -1.26. The SMILES string of the molecule is O=C(O)[C@H](CC1CCCCC1)NC(=O)N1CCCCC1. The number of carbonyl (C=O) groups excluding carboxylic acids is 1. The topological polar surface area (TPSA) is 69.6 Å². The average Bonchev–Trinajstić information content (AvgIpc) is 2.48. The molecule has 0 aromatic heterocycles. The van der Waals surface area contributed by atoms with Crippen LogP contribution in [-0.4, -0.2) is 41.1 Å². The molecule has 0 spiro atoms. The Morgan fingerprint density at radius 3 is 2.25 bits per heavy atom. The number of carboxylic acids is 1. The molecule has 2 amide bonds. The maximum atomic E-state index is 12.1. The van der Waals surface area contributed by atoms with Crippen LogP contribution in [-0.2, 0) is 4.79 Å². The fraction of sp³-hybridized carbons (Fsp3) is 0.867. The summed E-state index contributed by atoms with van der Waals surface area (Å²) >= 11 is 0. The molecule has 0 bridgehead atoms. The molecule has 1 atom stereocenters. The number of hydrogen-bond donors (Lipinski definition) is 2. The molecule has 5 nitrogen and oxygen atoms in total. The first-order valence-corrected chi connectivity index (χ1v) is 7.95. The number of nitrogens with one attached hydrogen (secondary N) is 1. The molecule has 1 heterocycles. The summed E-state index contributed by atoms with van der Waals surface area (Å²) in [5.41, 5.74) is 0. The van der Waals surface area contributed by atoms with Crippen molar-refractivity contribution in [3.63, 3.8) is 0 Å². The van der Waals surface area contributed by atoms with Crippen molar-refractivity contribution in [3.05, 3.63) is 0 Å². The highest BCUT2D eigenvalue weighted by Gasteiger charge is 2.27. The van der Waals surface area contributed by atoms with Gasteiger partial charge in [0, 0.05) is 13.1 Å². The predicted octanol–water partition coefficient (Wildman–Crippen LogP) is 2.61. The number of rotatable bonds is 4. The second-order valence-corrected chi connectivity index (χ2v) is 6.13. The van der Waals surface area contributed by atoms with Crippen molar-refractivity contribution in [1.82, 2.24) is 10.2 Å². The zero-order valence-electron chi connectivity index (χ0n) is 12.1. The molecular weight excluding hydrogens is 256 g/mol. The first-order chi connectivity index (χ1) is 9.66. The Morgan fingerprint density at radius 2 is 1.65 bits per heavy atom. The lowest BCUT2D eigenvalue weighted by atomic mass is 9.85. The molecule has 1 aliphatic carbocycles. The van der Waals surface area contributed by atoms with E-state index in [1.54, 1.807) is 4.90 Å². The molecule has 1 saturated carbocycles. The first kappa shape index (κ1) is 15.1. The van der Waals surface area contributed by atoms with E-state index in [1.165, 1.54) is 19.3 Å². The minimum absolute atomic E-state index is 0.201. The van der Waals surface area contributed by atoms with Crippen LogP contribution in [0.3, 0.4) is 0 Å². The summed E-state index contributed by atoms with van der Waals surface area (Å²) in [6, 6.07) is -0.930. The van der Waals surface area contributed by atoms with Gasteiger partial charge >= 0.3 is 12.0 Å². The normalized spacial score (nSPS) is 22.3. The van der Waals surface area contributed by atoms with Crippen LogP contribution in [0.2, 0.25) is 0 Å². The number of urea groups is 1. The highest BCUT2D eigenvalue weighted by molar-refractivity contribution is 5.82. The smallest absolute Gasteiger partial charge is 0.326 e. The minimum Gasteiger partial charge on any atom is -0.480 e. The third-order valence-electron chi connectivity index (χ3n) is 4.53. The van der Waals surface area contributed by atoms with E-state index in [4.69, 9.17) is 0 Å². The Labute approximate surface area is 120 Å². The fourth-order valence-corrected chi connectivity index (χ4v) is 3.31. The van der Waals surface area contributed by atoms with Crippen molar-refractivity contribution in [2.45, 2.75) is 63.8 Å². The van der Waals surface area contributed by atoms with Crippen molar-refractivity contribution < 1.29 is 14.7 Å². The number of likely N-dealkylation sites (tertiary alicyclic amines) is 1. The third-order valence-corrected chi connectivity index (χ3v) is 4.53. The van der Waals surface area contributed by atoms with E-state index in [1.807, 2.05) is 0 Å². The van der Waals surface area contributed by atoms with Gasteiger partial charge in [-0.25, -0.2) is 9.59 Å². The van der Waals surface area contributed by atoms with E-state index in [9.17, 15) is 14.7 Å². The summed E-state index contributed by atoms with van der Waals surface area (Å²) in [7, 11) is 0. The Morgan fingerprint density at radius 1 is 1.05 bits per heavy atom. The molecule has 0 radical (unpaired) electrons. The molecule has 114 valence electrons. The number of carbonyl (C=O) groups is 2. The number of piperidine rings is 1. The van der Waals surface area contributed by atoms with Crippen LogP contribution >= 0.6 is 0 Å². The summed E-state index contributed by atoms with van der Waals surface area (Å²) in [5, 5.41) is 12.0. The van der Waals surface area contributed by atoms with E-state index in [-0.39, 0.29) is 6.03 Å². The Balaban J connectivity index is 1.84. The number of hydrogen-bond acceptors (Lipinski definition) is 2. The van der Waals surface area contributed by atoms with Gasteiger partial charge in [0.15, 0.2) is 0 Å². The third kappa shape index (κ3) is 4.39. The van der Waals surface area contributed by atoms with Gasteiger partial charge in [-0.05, 0) is 31.6 Å². The molecule has 2 fully saturated rings. The number of aliphatic carboxylic acids is 1. The second-order valence-electron chi connectivity index (χ2n) is 6.13. The maximum absolute atomic E-state index is 12.1. The van der Waals surface area contributed by atoms with E-state index in [0.29, 0.717) is 12.3 Å². The van der Waals surface area contributed by atoms with Gasteiger partial charge < -0.3 is 15.3 Å². The molecular formula is C15H26N2O3. The van der Waals surface area contributed by atoms with Gasteiger partial charge in [-0.3, -0.25) is 0 Å². The van der Waals surface area contributed by atoms with Crippen LogP contribution in [0.5, 0.6) is 0 Å². The lowest BCUT2D eigenvalue weighted by Gasteiger charge is -2.30. The van der Waals surface area contributed by atoms with Crippen LogP contribution in [0.4, 0.5) is 4.79 Å². The molecule has 5 heteroatoms. The molecule has 2 rings (SSSR count). The van der Waals surface area contributed by atoms with E-state index >= 15 is 0 Å². The highest BCUT2D eigenvalue weighted by atomic mass is 16.4. The molecule has 2 N–H and O–H groups in total. The van der Waals surface area contributed by atoms with Crippen LogP contribution in [0.25, 0.3) is 0 Å². The van der Waals surface area contributed by atoms with E-state index in [2.05, 4.69) is 5.32 Å². The van der Waals surface area contributed by atoms with E-state index in [0.717, 1.165) is 45.2 Å². The summed E-state index contributed by atoms with van der Waals surface area (Å²) in [5.74, 6) is -0.451. The summed E-state index contributed by atoms with van der Waals surface area (Å²) in [4.78, 5) is 25.2. The first-order valence-electron chi connectivity index (χ1n) is 7.95. The van der Waals surface area contributed by atoms with Gasteiger partial charge in [0.1, 0.15) is 6.04 Å². The lowest BCUT2D eigenvalue weighted by molar-refractivity contribution is -0.139. The molecule has 1 aliphatic heterocycles. The van der Waals surface area contributed by atoms with Crippen LogP contribution in [0.1, 0.15) is 57.8 Å². The van der Waals surface area contributed by atoms with Gasteiger partial charge in [-0.15, -0.1) is 0 Å². The van der Waals surface area contributed by atoms with Crippen molar-refractivity contribution in [2.75, 3.05) is 13.1 Å². The monoisotopic (exact) mass is 282 g/mol. The van der Waals surface area contributed by atoms with Gasteiger partial charge in [0.25, 0.3) is 0 Å². The van der Waals surface area contributed by atoms with Crippen LogP contribution in [0, 0.1) is 5.92 Å². The number of amides is 2. The summed E-state index contributed by atoms with van der Waals surface area (Å²) in [6.07, 6.45) is 9.62. The van der Waals surface area contributed by atoms with Crippen LogP contribution < -0.4 is 5.32 Å². The van der Waals surface area contributed by atoms with Crippen molar-refractivity contribution in [3.8, 4) is 0 Å². The standard InChI is InChI=1S/C15H26N2O3/c18-14(19)13(11-12-7-3-1-4-8-12)16-15(20)17-9-5-2-6-10-17/h12-13H,1-11H2,(H,16,20)(H,18,19)/t13-/m0/s1. The fourth-order valence-electron chi connectivity index (χ4n) is 3.31. The van der Waals surface area contributed by atoms with E-state index < -0.39 is 12.0 Å². The van der Waals surface area contributed by atoms with Crippen molar-refractivity contribution >= 4 is 12.0 Å². The number of carboxylic acid groups (broad SMARTS) is 1. The quantitative estimate of drug-likeness (QED) is 0.832. The van der Waals surface area contributed by atoms with Crippen LogP contribution in [0.15, 0.2) is 0 Å². The largest absolute Gasteiger partial charge is 0.480 e. The molecule has 0 aromatic carbocycles. The maximum Gasteiger partial charge on any atom is 0.326 e. The predicted molar refractivity (Wildman–Crippen MR) is 76.6 cm³/mol. The Bertz CT molecular complexity index is 334. The summed E-state index contributed by atoms with van der Waals surface area (Å²) < 4.78 is 0. The lowest BCUT2D eigenvalue weighted by Crippen LogP contribution is -2.50. The zero-order chi connectivity index (χ0) is 14.4. The number of nitrogens with zero attached hydrogens (tertiary/aromatic N) is 1. The average molecular weight is 282 g/mol. The minimum atomic E-state index is -0.902. The van der Waals surface area contributed by atoms with Crippen molar-refractivity contribution in [2.24, 2.45) is 5.92 Å². The van der Waals surface area contributed by atoms with Gasteiger partial charge in [0.2, 0.25) is 0 Å². The van der Waals surface area contributed by atoms with Gasteiger partial charge in [0.05, 0.1) is 0 Å². The molecule has 0 unspecified atom stereocenters. The molecule has 20 heavy (non-hydrogen) atoms. The summed E-state index contributed by atoms with van der Waals surface area (Å²) in [6.45, 7) is 1.50. The zero-order valence-corrected chi connectivity index (χ0v) is 12.1. The molecule has 1 saturated heterocycles. The second kappa shape index (κ2) is 7.50. The van der Waals surface area contributed by atoms with Gasteiger partial charge in [-0.1, -0.05) is 32.1 Å². The van der Waals surface area contributed by atoms with Gasteiger partial charge in [-0.2, -0.15) is 0 Å². The molecule has 2 aliphatic rings.